The van der Waals surface area contributed by atoms with E-state index in [4.69, 9.17) is 4.74 Å². The number of nitrogens with zero attached hydrogens (tertiary/aromatic N) is 5. The molecule has 24 heavy (non-hydrogen) atoms. The number of carbonyl (C=O) groups excluding carboxylic acids is 1. The normalized spacial score (nSPS) is 17.0. The zero-order valence-corrected chi connectivity index (χ0v) is 13.8. The number of aromatic nitrogens is 4. The first-order chi connectivity index (χ1) is 11.7. The summed E-state index contributed by atoms with van der Waals surface area (Å²) in [6.45, 7) is 3.04. The number of hydrogen-bond donors (Lipinski definition) is 1. The molecule has 1 N–H and O–H groups in total. The van der Waals surface area contributed by atoms with E-state index in [9.17, 15) is 4.79 Å². The van der Waals surface area contributed by atoms with Crippen LogP contribution in [0.2, 0.25) is 0 Å². The Morgan fingerprint density at radius 1 is 1.50 bits per heavy atom. The van der Waals surface area contributed by atoms with Crippen LogP contribution in [0, 0.1) is 0 Å². The van der Waals surface area contributed by atoms with Crippen LogP contribution in [-0.4, -0.2) is 63.7 Å². The van der Waals surface area contributed by atoms with Gasteiger partial charge in [0, 0.05) is 51.1 Å². The fourth-order valence-electron chi connectivity index (χ4n) is 2.59. The van der Waals surface area contributed by atoms with Crippen LogP contribution in [0.25, 0.3) is 0 Å². The summed E-state index contributed by atoms with van der Waals surface area (Å²) >= 11 is 0. The summed E-state index contributed by atoms with van der Waals surface area (Å²) in [6.07, 6.45) is 7.65. The fraction of sp³-hybridized carbons (Fsp3) is 0.500. The molecule has 1 amide bonds. The number of amides is 1. The Hall–Kier alpha value is -2.48. The highest BCUT2D eigenvalue weighted by molar-refractivity contribution is 5.75. The van der Waals surface area contributed by atoms with E-state index in [-0.39, 0.29) is 5.91 Å². The van der Waals surface area contributed by atoms with Gasteiger partial charge in [-0.15, -0.1) is 0 Å². The first kappa shape index (κ1) is 16.4. The second-order valence-corrected chi connectivity index (χ2v) is 5.87. The van der Waals surface area contributed by atoms with Gasteiger partial charge in [-0.1, -0.05) is 0 Å². The van der Waals surface area contributed by atoms with Crippen molar-refractivity contribution >= 4 is 11.7 Å². The molecule has 1 atom stereocenters. The lowest BCUT2D eigenvalue weighted by Gasteiger charge is -2.18. The molecule has 1 aliphatic rings. The summed E-state index contributed by atoms with van der Waals surface area (Å²) in [4.78, 5) is 26.3. The van der Waals surface area contributed by atoms with Crippen molar-refractivity contribution in [1.29, 1.82) is 0 Å². The van der Waals surface area contributed by atoms with Gasteiger partial charge in [0.1, 0.15) is 18.7 Å². The van der Waals surface area contributed by atoms with Gasteiger partial charge >= 0.3 is 0 Å². The molecule has 0 aliphatic carbocycles. The largest absolute Gasteiger partial charge is 0.381 e. The minimum Gasteiger partial charge on any atom is -0.381 e. The van der Waals surface area contributed by atoms with Crippen LogP contribution < -0.4 is 5.32 Å². The molecule has 1 aliphatic heterocycles. The Morgan fingerprint density at radius 3 is 3.17 bits per heavy atom. The van der Waals surface area contributed by atoms with Crippen molar-refractivity contribution in [2.75, 3.05) is 38.7 Å². The Morgan fingerprint density at radius 2 is 2.42 bits per heavy atom. The van der Waals surface area contributed by atoms with Crippen LogP contribution in [0.3, 0.4) is 0 Å². The van der Waals surface area contributed by atoms with Gasteiger partial charge in [-0.3, -0.25) is 4.79 Å². The number of hydrogen-bond acceptors (Lipinski definition) is 6. The lowest BCUT2D eigenvalue weighted by Crippen LogP contribution is -2.33. The van der Waals surface area contributed by atoms with Gasteiger partial charge in [0.25, 0.3) is 0 Å². The van der Waals surface area contributed by atoms with Gasteiger partial charge in [0.15, 0.2) is 0 Å². The molecule has 1 saturated heterocycles. The third-order valence-corrected chi connectivity index (χ3v) is 4.09. The predicted molar refractivity (Wildman–Crippen MR) is 88.6 cm³/mol. The third kappa shape index (κ3) is 4.29. The highest BCUT2D eigenvalue weighted by Gasteiger charge is 2.19. The Balaban J connectivity index is 1.45. The van der Waals surface area contributed by atoms with E-state index in [0.717, 1.165) is 31.1 Å². The van der Waals surface area contributed by atoms with E-state index in [1.165, 1.54) is 0 Å². The smallest absolute Gasteiger partial charge is 0.242 e. The molecule has 8 nitrogen and oxygen atoms in total. The zero-order chi connectivity index (χ0) is 16.8. The standard InChI is InChI=1S/C16H22N6O2/c1-21(16(23)9-22-6-3-17-12-22)5-4-18-15-8-14(19-11-20-15)13-2-7-24-10-13/h3,6,8,11-13H,2,4-5,7,9-10H2,1H3,(H,18,19,20)/t13-/m1/s1. The van der Waals surface area contributed by atoms with Crippen LogP contribution in [-0.2, 0) is 16.1 Å². The maximum atomic E-state index is 12.1. The minimum absolute atomic E-state index is 0.0429. The van der Waals surface area contributed by atoms with Crippen LogP contribution in [0.4, 0.5) is 5.82 Å². The predicted octanol–water partition coefficient (Wildman–Crippen LogP) is 0.747. The zero-order valence-electron chi connectivity index (χ0n) is 13.8. The molecule has 8 heteroatoms. The number of carbonyl (C=O) groups is 1. The van der Waals surface area contributed by atoms with E-state index in [1.807, 2.05) is 6.07 Å². The Bertz CT molecular complexity index is 654. The Kier molecular flexibility index (Phi) is 5.37. The number of imidazole rings is 1. The molecule has 0 bridgehead atoms. The highest BCUT2D eigenvalue weighted by atomic mass is 16.5. The van der Waals surface area contributed by atoms with Crippen molar-refractivity contribution in [3.05, 3.63) is 36.8 Å². The van der Waals surface area contributed by atoms with Gasteiger partial charge in [0.05, 0.1) is 18.6 Å². The lowest BCUT2D eigenvalue weighted by molar-refractivity contribution is -0.130. The maximum absolute atomic E-state index is 12.1. The molecule has 0 radical (unpaired) electrons. The molecule has 0 saturated carbocycles. The van der Waals surface area contributed by atoms with Gasteiger partial charge in [-0.05, 0) is 6.42 Å². The van der Waals surface area contributed by atoms with E-state index in [2.05, 4.69) is 20.3 Å². The second kappa shape index (κ2) is 7.87. The van der Waals surface area contributed by atoms with E-state index < -0.39 is 0 Å². The highest BCUT2D eigenvalue weighted by Crippen LogP contribution is 2.24. The summed E-state index contributed by atoms with van der Waals surface area (Å²) in [6, 6.07) is 1.96. The number of rotatable bonds is 7. The molecule has 128 valence electrons. The van der Waals surface area contributed by atoms with Crippen molar-refractivity contribution < 1.29 is 9.53 Å². The number of anilines is 1. The molecule has 2 aromatic heterocycles. The molecule has 3 heterocycles. The second-order valence-electron chi connectivity index (χ2n) is 5.87. The molecular formula is C16H22N6O2. The van der Waals surface area contributed by atoms with Crippen molar-refractivity contribution in [3.63, 3.8) is 0 Å². The monoisotopic (exact) mass is 330 g/mol. The summed E-state index contributed by atoms with van der Waals surface area (Å²) in [5.74, 6) is 1.18. The van der Waals surface area contributed by atoms with Crippen molar-refractivity contribution in [3.8, 4) is 0 Å². The Labute approximate surface area is 140 Å². The molecule has 0 spiro atoms. The lowest BCUT2D eigenvalue weighted by atomic mass is 10.1. The summed E-state index contributed by atoms with van der Waals surface area (Å²) in [7, 11) is 1.79. The van der Waals surface area contributed by atoms with Gasteiger partial charge < -0.3 is 19.5 Å². The number of ether oxygens (including phenoxy) is 1. The van der Waals surface area contributed by atoms with Crippen LogP contribution in [0.1, 0.15) is 18.0 Å². The van der Waals surface area contributed by atoms with Crippen molar-refractivity contribution in [2.24, 2.45) is 0 Å². The number of likely N-dealkylation sites (N-methyl/N-ethyl adjacent to an activating group) is 1. The molecular weight excluding hydrogens is 308 g/mol. The van der Waals surface area contributed by atoms with E-state index in [1.54, 1.807) is 41.6 Å². The van der Waals surface area contributed by atoms with Crippen molar-refractivity contribution in [2.45, 2.75) is 18.9 Å². The van der Waals surface area contributed by atoms with E-state index in [0.29, 0.717) is 25.6 Å². The van der Waals surface area contributed by atoms with Crippen molar-refractivity contribution in [1.82, 2.24) is 24.4 Å². The third-order valence-electron chi connectivity index (χ3n) is 4.09. The van der Waals surface area contributed by atoms with Gasteiger partial charge in [0.2, 0.25) is 5.91 Å². The van der Waals surface area contributed by atoms with E-state index >= 15 is 0 Å². The first-order valence-corrected chi connectivity index (χ1v) is 8.05. The first-order valence-electron chi connectivity index (χ1n) is 8.05. The SMILES string of the molecule is CN(CCNc1cc([C@@H]2CCOC2)ncn1)C(=O)Cn1ccnc1. The van der Waals surface area contributed by atoms with Crippen LogP contribution in [0.5, 0.6) is 0 Å². The molecule has 0 unspecified atom stereocenters. The number of nitrogens with one attached hydrogen (secondary N) is 1. The van der Waals surface area contributed by atoms with Gasteiger partial charge in [-0.25, -0.2) is 15.0 Å². The topological polar surface area (TPSA) is 85.2 Å². The van der Waals surface area contributed by atoms with Crippen LogP contribution >= 0.6 is 0 Å². The quantitative estimate of drug-likeness (QED) is 0.806. The minimum atomic E-state index is 0.0429. The molecule has 1 fully saturated rings. The average Bonchev–Trinajstić information content (AvgIpc) is 3.28. The molecule has 0 aromatic carbocycles. The fourth-order valence-corrected chi connectivity index (χ4v) is 2.59. The van der Waals surface area contributed by atoms with Gasteiger partial charge in [-0.2, -0.15) is 0 Å². The average molecular weight is 330 g/mol. The molecule has 3 rings (SSSR count). The summed E-state index contributed by atoms with van der Waals surface area (Å²) < 4.78 is 7.16. The van der Waals surface area contributed by atoms with Crippen LogP contribution in [0.15, 0.2) is 31.1 Å². The molecule has 2 aromatic rings. The maximum Gasteiger partial charge on any atom is 0.242 e. The summed E-state index contributed by atoms with van der Waals surface area (Å²) in [5.41, 5.74) is 1.01. The summed E-state index contributed by atoms with van der Waals surface area (Å²) in [5, 5.41) is 3.25.